The monoisotopic (exact) mass is 282 g/mol. The Morgan fingerprint density at radius 3 is 2.80 bits per heavy atom. The number of amides is 1. The van der Waals surface area contributed by atoms with Gasteiger partial charge in [-0.15, -0.1) is 6.58 Å². The average molecular weight is 282 g/mol. The summed E-state index contributed by atoms with van der Waals surface area (Å²) >= 11 is 0. The Labute approximate surface area is 123 Å². The first-order chi connectivity index (χ1) is 9.33. The Kier molecular flexibility index (Phi) is 6.53. The van der Waals surface area contributed by atoms with Crippen LogP contribution in [0.2, 0.25) is 0 Å². The van der Waals surface area contributed by atoms with E-state index in [0.29, 0.717) is 6.04 Å². The third-order valence-electron chi connectivity index (χ3n) is 3.49. The van der Waals surface area contributed by atoms with E-state index in [4.69, 9.17) is 4.74 Å². The molecule has 0 aromatic carbocycles. The van der Waals surface area contributed by atoms with E-state index in [0.717, 1.165) is 32.4 Å². The van der Waals surface area contributed by atoms with Crippen LogP contribution in [0.3, 0.4) is 0 Å². The van der Waals surface area contributed by atoms with Crippen LogP contribution in [-0.4, -0.2) is 41.8 Å². The lowest BCUT2D eigenvalue weighted by Crippen LogP contribution is -2.48. The van der Waals surface area contributed by atoms with Gasteiger partial charge in [0.1, 0.15) is 5.60 Å². The van der Waals surface area contributed by atoms with Gasteiger partial charge in [-0.2, -0.15) is 0 Å². The molecule has 0 radical (unpaired) electrons. The Morgan fingerprint density at radius 2 is 2.20 bits per heavy atom. The molecule has 4 nitrogen and oxygen atoms in total. The molecule has 1 N–H and O–H groups in total. The first kappa shape index (κ1) is 17.0. The number of nitrogens with zero attached hydrogens (tertiary/aromatic N) is 1. The molecule has 4 heteroatoms. The van der Waals surface area contributed by atoms with Crippen molar-refractivity contribution in [3.05, 3.63) is 12.7 Å². The summed E-state index contributed by atoms with van der Waals surface area (Å²) in [6.07, 6.45) is 6.00. The molecule has 0 saturated carbocycles. The van der Waals surface area contributed by atoms with Crippen LogP contribution in [-0.2, 0) is 4.74 Å². The van der Waals surface area contributed by atoms with Crippen molar-refractivity contribution in [1.29, 1.82) is 0 Å². The van der Waals surface area contributed by atoms with E-state index in [9.17, 15) is 4.79 Å². The SMILES string of the molecule is C=CCNC(C)CC1CCCCN1C(=O)OC(C)(C)C. The molecule has 0 spiro atoms. The maximum absolute atomic E-state index is 12.3. The fourth-order valence-corrected chi connectivity index (χ4v) is 2.58. The molecule has 1 saturated heterocycles. The summed E-state index contributed by atoms with van der Waals surface area (Å²) in [6.45, 7) is 13.2. The lowest BCUT2D eigenvalue weighted by atomic mass is 9.97. The van der Waals surface area contributed by atoms with E-state index in [-0.39, 0.29) is 12.1 Å². The van der Waals surface area contributed by atoms with E-state index in [2.05, 4.69) is 18.8 Å². The summed E-state index contributed by atoms with van der Waals surface area (Å²) in [6, 6.07) is 0.659. The summed E-state index contributed by atoms with van der Waals surface area (Å²) < 4.78 is 5.52. The van der Waals surface area contributed by atoms with Crippen molar-refractivity contribution in [3.8, 4) is 0 Å². The summed E-state index contributed by atoms with van der Waals surface area (Å²) in [5, 5.41) is 3.39. The summed E-state index contributed by atoms with van der Waals surface area (Å²) in [7, 11) is 0. The van der Waals surface area contributed by atoms with E-state index in [1.165, 1.54) is 6.42 Å². The summed E-state index contributed by atoms with van der Waals surface area (Å²) in [4.78, 5) is 14.2. The number of hydrogen-bond acceptors (Lipinski definition) is 3. The fraction of sp³-hybridized carbons (Fsp3) is 0.812. The predicted octanol–water partition coefficient (Wildman–Crippen LogP) is 3.33. The lowest BCUT2D eigenvalue weighted by Gasteiger charge is -2.38. The minimum absolute atomic E-state index is 0.168. The number of piperidine rings is 1. The summed E-state index contributed by atoms with van der Waals surface area (Å²) in [5.74, 6) is 0. The van der Waals surface area contributed by atoms with Gasteiger partial charge in [-0.25, -0.2) is 4.79 Å². The van der Waals surface area contributed by atoms with Crippen molar-refractivity contribution < 1.29 is 9.53 Å². The summed E-state index contributed by atoms with van der Waals surface area (Å²) in [5.41, 5.74) is -0.425. The van der Waals surface area contributed by atoms with Gasteiger partial charge in [0, 0.05) is 25.2 Å². The van der Waals surface area contributed by atoms with Gasteiger partial charge in [-0.1, -0.05) is 6.08 Å². The van der Waals surface area contributed by atoms with E-state index in [1.54, 1.807) is 0 Å². The molecule has 1 amide bonds. The fourth-order valence-electron chi connectivity index (χ4n) is 2.58. The van der Waals surface area contributed by atoms with Crippen LogP contribution in [0.15, 0.2) is 12.7 Å². The standard InChI is InChI=1S/C16H30N2O2/c1-6-10-17-13(2)12-14-9-7-8-11-18(14)15(19)20-16(3,4)5/h6,13-14,17H,1,7-12H2,2-5H3. The van der Waals surface area contributed by atoms with Gasteiger partial charge < -0.3 is 15.0 Å². The molecule has 0 aromatic rings. The smallest absolute Gasteiger partial charge is 0.410 e. The molecule has 2 atom stereocenters. The third-order valence-corrected chi connectivity index (χ3v) is 3.49. The maximum Gasteiger partial charge on any atom is 0.410 e. The van der Waals surface area contributed by atoms with Crippen LogP contribution in [0.1, 0.15) is 53.4 Å². The second-order valence-corrected chi connectivity index (χ2v) is 6.66. The number of carbonyl (C=O) groups is 1. The molecule has 1 aliphatic heterocycles. The van der Waals surface area contributed by atoms with Crippen LogP contribution in [0.5, 0.6) is 0 Å². The lowest BCUT2D eigenvalue weighted by molar-refractivity contribution is 0.00795. The van der Waals surface area contributed by atoms with Crippen molar-refractivity contribution in [3.63, 3.8) is 0 Å². The van der Waals surface area contributed by atoms with E-state index < -0.39 is 5.60 Å². The number of carbonyl (C=O) groups excluding carboxylic acids is 1. The van der Waals surface area contributed by atoms with Gasteiger partial charge in [0.15, 0.2) is 0 Å². The van der Waals surface area contributed by atoms with Gasteiger partial charge in [-0.05, 0) is 53.4 Å². The van der Waals surface area contributed by atoms with Crippen molar-refractivity contribution >= 4 is 6.09 Å². The predicted molar refractivity (Wildman–Crippen MR) is 82.9 cm³/mol. The van der Waals surface area contributed by atoms with Crippen LogP contribution >= 0.6 is 0 Å². The Morgan fingerprint density at radius 1 is 1.50 bits per heavy atom. The van der Waals surface area contributed by atoms with Crippen molar-refractivity contribution in [2.45, 2.75) is 71.1 Å². The van der Waals surface area contributed by atoms with Crippen LogP contribution < -0.4 is 5.32 Å². The van der Waals surface area contributed by atoms with Crippen molar-refractivity contribution in [2.75, 3.05) is 13.1 Å². The molecule has 116 valence electrons. The molecule has 1 rings (SSSR count). The van der Waals surface area contributed by atoms with Gasteiger partial charge in [0.05, 0.1) is 0 Å². The maximum atomic E-state index is 12.3. The topological polar surface area (TPSA) is 41.6 Å². The van der Waals surface area contributed by atoms with Crippen LogP contribution in [0, 0.1) is 0 Å². The highest BCUT2D eigenvalue weighted by Gasteiger charge is 2.31. The first-order valence-corrected chi connectivity index (χ1v) is 7.67. The Hall–Kier alpha value is -1.03. The average Bonchev–Trinajstić information content (AvgIpc) is 2.35. The third kappa shape index (κ3) is 5.95. The van der Waals surface area contributed by atoms with Gasteiger partial charge in [0.25, 0.3) is 0 Å². The number of rotatable bonds is 5. The molecule has 20 heavy (non-hydrogen) atoms. The normalized spacial score (nSPS) is 21.4. The number of nitrogens with one attached hydrogen (secondary N) is 1. The molecule has 0 aliphatic carbocycles. The minimum Gasteiger partial charge on any atom is -0.444 e. The molecular formula is C16H30N2O2. The van der Waals surface area contributed by atoms with Gasteiger partial charge >= 0.3 is 6.09 Å². The second kappa shape index (κ2) is 7.67. The molecular weight excluding hydrogens is 252 g/mol. The highest BCUT2D eigenvalue weighted by molar-refractivity contribution is 5.68. The van der Waals surface area contributed by atoms with Crippen LogP contribution in [0.4, 0.5) is 4.79 Å². The number of ether oxygens (including phenoxy) is 1. The largest absolute Gasteiger partial charge is 0.444 e. The van der Waals surface area contributed by atoms with E-state index in [1.807, 2.05) is 31.7 Å². The van der Waals surface area contributed by atoms with Gasteiger partial charge in [-0.3, -0.25) is 0 Å². The zero-order chi connectivity index (χ0) is 15.2. The zero-order valence-electron chi connectivity index (χ0n) is 13.4. The quantitative estimate of drug-likeness (QED) is 0.786. The Balaban J connectivity index is 2.57. The number of likely N-dealkylation sites (tertiary alicyclic amines) is 1. The van der Waals surface area contributed by atoms with E-state index >= 15 is 0 Å². The van der Waals surface area contributed by atoms with Crippen molar-refractivity contribution in [2.24, 2.45) is 0 Å². The molecule has 1 heterocycles. The molecule has 1 aliphatic rings. The molecule has 0 bridgehead atoms. The second-order valence-electron chi connectivity index (χ2n) is 6.66. The molecule has 1 fully saturated rings. The Bertz CT molecular complexity index is 323. The van der Waals surface area contributed by atoms with Crippen molar-refractivity contribution in [1.82, 2.24) is 10.2 Å². The molecule has 0 aromatic heterocycles. The highest BCUT2D eigenvalue weighted by Crippen LogP contribution is 2.23. The number of hydrogen-bond donors (Lipinski definition) is 1. The zero-order valence-corrected chi connectivity index (χ0v) is 13.4. The first-order valence-electron chi connectivity index (χ1n) is 7.67. The van der Waals surface area contributed by atoms with Gasteiger partial charge in [0.2, 0.25) is 0 Å². The van der Waals surface area contributed by atoms with Crippen LogP contribution in [0.25, 0.3) is 0 Å². The minimum atomic E-state index is -0.425. The molecule has 2 unspecified atom stereocenters. The highest BCUT2D eigenvalue weighted by atomic mass is 16.6.